The number of allylic oxidation sites excluding steroid dienone is 1. The Bertz CT molecular complexity index is 176. The van der Waals surface area contributed by atoms with Crippen LogP contribution < -0.4 is 5.32 Å². The fourth-order valence-corrected chi connectivity index (χ4v) is 1.52. The van der Waals surface area contributed by atoms with Gasteiger partial charge in [-0.2, -0.15) is 0 Å². The highest BCUT2D eigenvalue weighted by Crippen LogP contribution is 2.12. The van der Waals surface area contributed by atoms with Gasteiger partial charge in [-0.15, -0.1) is 0 Å². The first-order chi connectivity index (χ1) is 5.83. The summed E-state index contributed by atoms with van der Waals surface area (Å²) < 4.78 is 6.25. The molecule has 12 heavy (non-hydrogen) atoms. The zero-order valence-corrected chi connectivity index (χ0v) is 8.43. The maximum atomic E-state index is 6.84. The van der Waals surface area contributed by atoms with Gasteiger partial charge >= 0.3 is 0 Å². The first-order valence-electron chi connectivity index (χ1n) is 4.07. The minimum atomic E-state index is 0.115. The standard InChI is InChI=1S/C8H13BrN2O/c9-7(4-5-10)11-8-3-1-2-6-12-8/h4-5,8,10-11H,1-3,6H2/b7-4-,10-5?. The second-order valence-electron chi connectivity index (χ2n) is 2.68. The fraction of sp³-hybridized carbons (Fsp3) is 0.625. The molecule has 0 spiro atoms. The Balaban J connectivity index is 2.28. The molecule has 2 N–H and O–H groups in total. The van der Waals surface area contributed by atoms with E-state index in [1.165, 1.54) is 12.6 Å². The average Bonchev–Trinajstić information content (AvgIpc) is 2.06. The Kier molecular flexibility index (Phi) is 4.32. The molecule has 4 heteroatoms. The number of rotatable bonds is 3. The lowest BCUT2D eigenvalue weighted by molar-refractivity contribution is 0.00284. The summed E-state index contributed by atoms with van der Waals surface area (Å²) in [6.45, 7) is 0.836. The van der Waals surface area contributed by atoms with Crippen LogP contribution in [0.3, 0.4) is 0 Å². The molecule has 0 bridgehead atoms. The predicted octanol–water partition coefficient (Wildman–Crippen LogP) is 1.99. The van der Waals surface area contributed by atoms with Crippen molar-refractivity contribution in [2.24, 2.45) is 0 Å². The van der Waals surface area contributed by atoms with Crippen LogP contribution in [-0.2, 0) is 4.74 Å². The van der Waals surface area contributed by atoms with Crippen LogP contribution in [0.25, 0.3) is 0 Å². The molecule has 1 saturated heterocycles. The van der Waals surface area contributed by atoms with Gasteiger partial charge in [-0.3, -0.25) is 0 Å². The lowest BCUT2D eigenvalue weighted by Gasteiger charge is -2.23. The van der Waals surface area contributed by atoms with Gasteiger partial charge in [0.15, 0.2) is 0 Å². The Hall–Kier alpha value is -0.350. The van der Waals surface area contributed by atoms with E-state index in [1.54, 1.807) is 6.08 Å². The first kappa shape index (κ1) is 9.74. The largest absolute Gasteiger partial charge is 0.359 e. The second-order valence-corrected chi connectivity index (χ2v) is 3.54. The van der Waals surface area contributed by atoms with Crippen molar-refractivity contribution in [3.8, 4) is 0 Å². The van der Waals surface area contributed by atoms with Gasteiger partial charge in [-0.1, -0.05) is 0 Å². The van der Waals surface area contributed by atoms with Crippen LogP contribution in [-0.4, -0.2) is 19.0 Å². The van der Waals surface area contributed by atoms with Gasteiger partial charge in [-0.05, 0) is 41.3 Å². The van der Waals surface area contributed by atoms with Crippen molar-refractivity contribution < 1.29 is 4.74 Å². The smallest absolute Gasteiger partial charge is 0.128 e. The molecule has 0 aromatic rings. The molecule has 0 radical (unpaired) electrons. The third-order valence-electron chi connectivity index (χ3n) is 1.71. The van der Waals surface area contributed by atoms with Crippen LogP contribution in [0.2, 0.25) is 0 Å². The van der Waals surface area contributed by atoms with Gasteiger partial charge in [0.2, 0.25) is 0 Å². The van der Waals surface area contributed by atoms with Gasteiger partial charge in [-0.25, -0.2) is 0 Å². The van der Waals surface area contributed by atoms with E-state index in [4.69, 9.17) is 10.1 Å². The Morgan fingerprint density at radius 3 is 3.00 bits per heavy atom. The van der Waals surface area contributed by atoms with Crippen molar-refractivity contribution in [3.63, 3.8) is 0 Å². The van der Waals surface area contributed by atoms with Crippen LogP contribution in [0, 0.1) is 5.41 Å². The molecular formula is C8H13BrN2O. The Morgan fingerprint density at radius 2 is 2.42 bits per heavy atom. The number of hydrogen-bond acceptors (Lipinski definition) is 3. The molecule has 0 aromatic carbocycles. The van der Waals surface area contributed by atoms with Gasteiger partial charge in [0.1, 0.15) is 6.23 Å². The Labute approximate surface area is 80.8 Å². The molecular weight excluding hydrogens is 220 g/mol. The third-order valence-corrected chi connectivity index (χ3v) is 2.20. The lowest BCUT2D eigenvalue weighted by atomic mass is 10.2. The molecule has 1 fully saturated rings. The van der Waals surface area contributed by atoms with Gasteiger partial charge in [0.25, 0.3) is 0 Å². The molecule has 68 valence electrons. The average molecular weight is 233 g/mol. The SMILES string of the molecule is N=C/C=C(/Br)NC1CCCCO1. The van der Waals surface area contributed by atoms with E-state index in [9.17, 15) is 0 Å². The summed E-state index contributed by atoms with van der Waals surface area (Å²) >= 11 is 3.29. The zero-order chi connectivity index (χ0) is 8.81. The highest BCUT2D eigenvalue weighted by atomic mass is 79.9. The van der Waals surface area contributed by atoms with Crippen LogP contribution in [0.15, 0.2) is 10.7 Å². The topological polar surface area (TPSA) is 45.1 Å². The molecule has 0 amide bonds. The van der Waals surface area contributed by atoms with Crippen LogP contribution >= 0.6 is 15.9 Å². The van der Waals surface area contributed by atoms with E-state index in [-0.39, 0.29) is 6.23 Å². The van der Waals surface area contributed by atoms with E-state index >= 15 is 0 Å². The van der Waals surface area contributed by atoms with Crippen LogP contribution in [0.1, 0.15) is 19.3 Å². The molecule has 3 nitrogen and oxygen atoms in total. The minimum Gasteiger partial charge on any atom is -0.359 e. The Morgan fingerprint density at radius 1 is 1.58 bits per heavy atom. The van der Waals surface area contributed by atoms with Gasteiger partial charge in [0.05, 0.1) is 4.61 Å². The summed E-state index contributed by atoms with van der Waals surface area (Å²) in [5, 5.41) is 9.96. The maximum Gasteiger partial charge on any atom is 0.128 e. The molecule has 1 heterocycles. The molecule has 1 aliphatic heterocycles. The van der Waals surface area contributed by atoms with E-state index < -0.39 is 0 Å². The first-order valence-corrected chi connectivity index (χ1v) is 4.86. The normalized spacial score (nSPS) is 25.1. The molecule has 1 rings (SSSR count). The summed E-state index contributed by atoms with van der Waals surface area (Å²) in [6, 6.07) is 0. The van der Waals surface area contributed by atoms with Crippen molar-refractivity contribution >= 4 is 22.1 Å². The van der Waals surface area contributed by atoms with E-state index in [1.807, 2.05) is 0 Å². The minimum absolute atomic E-state index is 0.115. The number of halogens is 1. The summed E-state index contributed by atoms with van der Waals surface area (Å²) in [4.78, 5) is 0. The van der Waals surface area contributed by atoms with Crippen molar-refractivity contribution in [1.29, 1.82) is 5.41 Å². The third kappa shape index (κ3) is 3.36. The molecule has 1 atom stereocenters. The zero-order valence-electron chi connectivity index (χ0n) is 6.85. The van der Waals surface area contributed by atoms with Gasteiger partial charge < -0.3 is 15.5 Å². The highest BCUT2D eigenvalue weighted by molar-refractivity contribution is 9.11. The summed E-state index contributed by atoms with van der Waals surface area (Å²) in [6.07, 6.45) is 6.41. The van der Waals surface area contributed by atoms with Crippen LogP contribution in [0.4, 0.5) is 0 Å². The van der Waals surface area contributed by atoms with Crippen molar-refractivity contribution in [2.75, 3.05) is 6.61 Å². The van der Waals surface area contributed by atoms with E-state index in [0.29, 0.717) is 0 Å². The molecule has 0 aliphatic carbocycles. The summed E-state index contributed by atoms with van der Waals surface area (Å²) in [7, 11) is 0. The highest BCUT2D eigenvalue weighted by Gasteiger charge is 2.12. The van der Waals surface area contributed by atoms with E-state index in [0.717, 1.165) is 24.1 Å². The van der Waals surface area contributed by atoms with E-state index in [2.05, 4.69) is 21.2 Å². The molecule has 0 saturated carbocycles. The quantitative estimate of drug-likeness (QED) is 0.578. The number of hydrogen-bond donors (Lipinski definition) is 2. The molecule has 0 aromatic heterocycles. The maximum absolute atomic E-state index is 6.84. The summed E-state index contributed by atoms with van der Waals surface area (Å²) in [5.41, 5.74) is 0. The lowest BCUT2D eigenvalue weighted by Crippen LogP contribution is -2.32. The van der Waals surface area contributed by atoms with Crippen molar-refractivity contribution in [2.45, 2.75) is 25.5 Å². The van der Waals surface area contributed by atoms with Crippen molar-refractivity contribution in [1.82, 2.24) is 5.32 Å². The number of ether oxygens (including phenoxy) is 1. The van der Waals surface area contributed by atoms with Crippen molar-refractivity contribution in [3.05, 3.63) is 10.7 Å². The van der Waals surface area contributed by atoms with Gasteiger partial charge in [0, 0.05) is 12.8 Å². The fourth-order valence-electron chi connectivity index (χ4n) is 1.13. The summed E-state index contributed by atoms with van der Waals surface area (Å²) in [5.74, 6) is 0. The second kappa shape index (κ2) is 5.32. The van der Waals surface area contributed by atoms with Crippen LogP contribution in [0.5, 0.6) is 0 Å². The molecule has 1 aliphatic rings. The molecule has 1 unspecified atom stereocenters. The number of nitrogens with one attached hydrogen (secondary N) is 2. The monoisotopic (exact) mass is 232 g/mol. The predicted molar refractivity (Wildman–Crippen MR) is 52.5 cm³/mol.